The Morgan fingerprint density at radius 2 is 1.96 bits per heavy atom. The summed E-state index contributed by atoms with van der Waals surface area (Å²) in [5, 5.41) is 3.95. The van der Waals surface area contributed by atoms with Crippen LogP contribution < -0.4 is 5.32 Å². The minimum atomic E-state index is -0.399. The Morgan fingerprint density at radius 1 is 1.21 bits per heavy atom. The molecular weight excluding hydrogens is 320 g/mol. The van der Waals surface area contributed by atoms with E-state index in [9.17, 15) is 4.79 Å². The molecule has 122 valence electrons. The van der Waals surface area contributed by atoms with E-state index < -0.39 is 5.41 Å². The summed E-state index contributed by atoms with van der Waals surface area (Å²) < 4.78 is 6.34. The van der Waals surface area contributed by atoms with Crippen molar-refractivity contribution in [2.75, 3.05) is 18.5 Å². The highest BCUT2D eigenvalue weighted by Crippen LogP contribution is 2.32. The number of aryl methyl sites for hydroxylation is 1. The number of nitrogens with one attached hydrogen (secondary N) is 1. The average Bonchev–Trinajstić information content (AvgIpc) is 2.96. The van der Waals surface area contributed by atoms with Gasteiger partial charge in [0, 0.05) is 11.3 Å². The molecule has 4 rings (SSSR count). The fraction of sp³-hybridized carbons (Fsp3) is 0.263. The van der Waals surface area contributed by atoms with E-state index in [4.69, 9.17) is 9.72 Å². The molecule has 1 saturated heterocycles. The number of fused-ring (bicyclic) bond motifs is 1. The molecule has 0 radical (unpaired) electrons. The van der Waals surface area contributed by atoms with Crippen LogP contribution in [0.15, 0.2) is 42.5 Å². The topological polar surface area (TPSA) is 51.2 Å². The Bertz CT molecular complexity index is 911. The zero-order valence-electron chi connectivity index (χ0n) is 13.6. The summed E-state index contributed by atoms with van der Waals surface area (Å²) in [7, 11) is 0. The number of carbonyl (C=O) groups is 1. The SMILES string of the molecule is Cc1ccc2nc(-c3ccc(NC(=O)C4(C)COC4)cc3)sc2c1. The van der Waals surface area contributed by atoms with Crippen LogP contribution in [-0.2, 0) is 9.53 Å². The Kier molecular flexibility index (Phi) is 3.62. The Balaban J connectivity index is 1.55. The van der Waals surface area contributed by atoms with Crippen LogP contribution >= 0.6 is 11.3 Å². The van der Waals surface area contributed by atoms with Crippen LogP contribution in [0.4, 0.5) is 5.69 Å². The van der Waals surface area contributed by atoms with Crippen molar-refractivity contribution >= 4 is 33.1 Å². The molecular formula is C19H18N2O2S. The van der Waals surface area contributed by atoms with E-state index in [1.165, 1.54) is 10.3 Å². The molecule has 0 bridgehead atoms. The minimum Gasteiger partial charge on any atom is -0.379 e. The first kappa shape index (κ1) is 15.3. The molecule has 5 heteroatoms. The summed E-state index contributed by atoms with van der Waals surface area (Å²) in [5.41, 5.74) is 3.72. The highest BCUT2D eigenvalue weighted by molar-refractivity contribution is 7.21. The maximum Gasteiger partial charge on any atom is 0.234 e. The standard InChI is InChI=1S/C19H18N2O2S/c1-12-3-8-15-16(9-12)24-17(21-15)13-4-6-14(7-5-13)20-18(22)19(2)10-23-11-19/h3-9H,10-11H2,1-2H3,(H,20,22). The van der Waals surface area contributed by atoms with Gasteiger partial charge in [-0.3, -0.25) is 4.79 Å². The molecule has 1 amide bonds. The first-order valence-electron chi connectivity index (χ1n) is 7.90. The summed E-state index contributed by atoms with van der Waals surface area (Å²) in [6.45, 7) is 4.98. The number of nitrogens with zero attached hydrogens (tertiary/aromatic N) is 1. The lowest BCUT2D eigenvalue weighted by Crippen LogP contribution is -2.49. The van der Waals surface area contributed by atoms with E-state index in [0.717, 1.165) is 21.8 Å². The second-order valence-electron chi connectivity index (χ2n) is 6.58. The second-order valence-corrected chi connectivity index (χ2v) is 7.61. The van der Waals surface area contributed by atoms with Crippen molar-refractivity contribution in [1.29, 1.82) is 0 Å². The van der Waals surface area contributed by atoms with Gasteiger partial charge in [-0.05, 0) is 55.8 Å². The molecule has 24 heavy (non-hydrogen) atoms. The van der Waals surface area contributed by atoms with Gasteiger partial charge in [-0.25, -0.2) is 4.98 Å². The summed E-state index contributed by atoms with van der Waals surface area (Å²) in [6, 6.07) is 14.1. The van der Waals surface area contributed by atoms with Gasteiger partial charge in [-0.2, -0.15) is 0 Å². The van der Waals surface area contributed by atoms with E-state index in [0.29, 0.717) is 13.2 Å². The molecule has 1 fully saturated rings. The Hall–Kier alpha value is -2.24. The van der Waals surface area contributed by atoms with Gasteiger partial charge in [0.2, 0.25) is 5.91 Å². The lowest BCUT2D eigenvalue weighted by atomic mass is 9.87. The molecule has 4 nitrogen and oxygen atoms in total. The summed E-state index contributed by atoms with van der Waals surface area (Å²) in [6.07, 6.45) is 0. The van der Waals surface area contributed by atoms with Gasteiger partial charge < -0.3 is 10.1 Å². The van der Waals surface area contributed by atoms with Gasteiger partial charge in [0.1, 0.15) is 5.01 Å². The molecule has 2 heterocycles. The van der Waals surface area contributed by atoms with Crippen LogP contribution in [-0.4, -0.2) is 24.1 Å². The minimum absolute atomic E-state index is 0.0111. The quantitative estimate of drug-likeness (QED) is 0.777. The summed E-state index contributed by atoms with van der Waals surface area (Å²) in [4.78, 5) is 16.9. The summed E-state index contributed by atoms with van der Waals surface area (Å²) >= 11 is 1.69. The third-order valence-electron chi connectivity index (χ3n) is 4.32. The molecule has 0 unspecified atom stereocenters. The highest BCUT2D eigenvalue weighted by Gasteiger charge is 2.41. The number of ether oxygens (including phenoxy) is 1. The number of thiazole rings is 1. The number of aromatic nitrogens is 1. The van der Waals surface area contributed by atoms with Crippen LogP contribution in [0.25, 0.3) is 20.8 Å². The number of rotatable bonds is 3. The number of hydrogen-bond donors (Lipinski definition) is 1. The van der Waals surface area contributed by atoms with Gasteiger partial charge in [0.05, 0.1) is 28.8 Å². The number of hydrogen-bond acceptors (Lipinski definition) is 4. The predicted molar refractivity (Wildman–Crippen MR) is 97.3 cm³/mol. The molecule has 2 aromatic carbocycles. The molecule has 1 N–H and O–H groups in total. The zero-order valence-corrected chi connectivity index (χ0v) is 14.4. The normalized spacial score (nSPS) is 15.9. The van der Waals surface area contributed by atoms with Crippen LogP contribution in [0.1, 0.15) is 12.5 Å². The third kappa shape index (κ3) is 2.70. The zero-order chi connectivity index (χ0) is 16.7. The lowest BCUT2D eigenvalue weighted by molar-refractivity contribution is -0.151. The molecule has 1 aliphatic heterocycles. The maximum absolute atomic E-state index is 12.2. The van der Waals surface area contributed by atoms with Crippen LogP contribution in [0.3, 0.4) is 0 Å². The Labute approximate surface area is 144 Å². The number of carbonyl (C=O) groups excluding carboxylic acids is 1. The molecule has 1 aromatic heterocycles. The van der Waals surface area contributed by atoms with Gasteiger partial charge in [-0.1, -0.05) is 6.07 Å². The van der Waals surface area contributed by atoms with E-state index in [1.807, 2.05) is 31.2 Å². The van der Waals surface area contributed by atoms with E-state index >= 15 is 0 Å². The highest BCUT2D eigenvalue weighted by atomic mass is 32.1. The van der Waals surface area contributed by atoms with Crippen molar-refractivity contribution in [3.8, 4) is 10.6 Å². The Morgan fingerprint density at radius 3 is 2.62 bits per heavy atom. The van der Waals surface area contributed by atoms with Crippen molar-refractivity contribution in [2.24, 2.45) is 5.41 Å². The molecule has 1 aliphatic rings. The fourth-order valence-electron chi connectivity index (χ4n) is 2.67. The van der Waals surface area contributed by atoms with Crippen molar-refractivity contribution in [2.45, 2.75) is 13.8 Å². The van der Waals surface area contributed by atoms with Gasteiger partial charge >= 0.3 is 0 Å². The van der Waals surface area contributed by atoms with Crippen LogP contribution in [0.5, 0.6) is 0 Å². The lowest BCUT2D eigenvalue weighted by Gasteiger charge is -2.36. The first-order valence-corrected chi connectivity index (χ1v) is 8.72. The van der Waals surface area contributed by atoms with E-state index in [1.54, 1.807) is 11.3 Å². The van der Waals surface area contributed by atoms with Crippen molar-refractivity contribution < 1.29 is 9.53 Å². The molecule has 0 spiro atoms. The number of anilines is 1. The van der Waals surface area contributed by atoms with Crippen LogP contribution in [0, 0.1) is 12.3 Å². The number of benzene rings is 2. The smallest absolute Gasteiger partial charge is 0.234 e. The monoisotopic (exact) mass is 338 g/mol. The van der Waals surface area contributed by atoms with Gasteiger partial charge in [0.25, 0.3) is 0 Å². The molecule has 0 saturated carbocycles. The van der Waals surface area contributed by atoms with Crippen molar-refractivity contribution in [1.82, 2.24) is 4.98 Å². The largest absolute Gasteiger partial charge is 0.379 e. The molecule has 0 aliphatic carbocycles. The number of amides is 1. The van der Waals surface area contributed by atoms with Gasteiger partial charge in [0.15, 0.2) is 0 Å². The average molecular weight is 338 g/mol. The third-order valence-corrected chi connectivity index (χ3v) is 5.39. The molecule has 0 atom stereocenters. The van der Waals surface area contributed by atoms with Crippen LogP contribution in [0.2, 0.25) is 0 Å². The first-order chi connectivity index (χ1) is 11.5. The second kappa shape index (κ2) is 5.69. The fourth-order valence-corrected chi connectivity index (χ4v) is 3.74. The predicted octanol–water partition coefficient (Wildman–Crippen LogP) is 4.25. The summed E-state index contributed by atoms with van der Waals surface area (Å²) in [5.74, 6) is 0.0111. The van der Waals surface area contributed by atoms with Crippen molar-refractivity contribution in [3.05, 3.63) is 48.0 Å². The maximum atomic E-state index is 12.2. The van der Waals surface area contributed by atoms with E-state index in [2.05, 4.69) is 30.4 Å². The van der Waals surface area contributed by atoms with E-state index in [-0.39, 0.29) is 5.91 Å². The van der Waals surface area contributed by atoms with Crippen molar-refractivity contribution in [3.63, 3.8) is 0 Å². The van der Waals surface area contributed by atoms with Gasteiger partial charge in [-0.15, -0.1) is 11.3 Å². The molecule has 3 aromatic rings.